The summed E-state index contributed by atoms with van der Waals surface area (Å²) in [6, 6.07) is 11.5. The Bertz CT molecular complexity index is 612. The highest BCUT2D eigenvalue weighted by atomic mass is 35.5. The van der Waals surface area contributed by atoms with Crippen molar-refractivity contribution in [3.05, 3.63) is 51.2 Å². The summed E-state index contributed by atoms with van der Waals surface area (Å²) >= 11 is 7.47. The minimum Gasteiger partial charge on any atom is -0.385 e. The molecule has 0 radical (unpaired) electrons. The van der Waals surface area contributed by atoms with Crippen LogP contribution in [0.25, 0.3) is 0 Å². The van der Waals surface area contributed by atoms with Crippen LogP contribution < -0.4 is 5.32 Å². The summed E-state index contributed by atoms with van der Waals surface area (Å²) in [5.74, 6) is 0.0403. The highest BCUT2D eigenvalue weighted by Gasteiger charge is 2.18. The van der Waals surface area contributed by atoms with Crippen LogP contribution in [-0.2, 0) is 6.54 Å². The largest absolute Gasteiger partial charge is 0.385 e. The molecule has 0 aliphatic rings. The Hall–Kier alpha value is -1.52. The summed E-state index contributed by atoms with van der Waals surface area (Å²) < 4.78 is 0.751. The van der Waals surface area contributed by atoms with E-state index in [1.165, 1.54) is 11.3 Å². The molecular weight excluding hydrogens is 304 g/mol. The molecule has 1 aromatic carbocycles. The van der Waals surface area contributed by atoms with Gasteiger partial charge in [-0.2, -0.15) is 0 Å². The highest BCUT2D eigenvalue weighted by molar-refractivity contribution is 7.16. The second kappa shape index (κ2) is 7.48. The predicted molar refractivity (Wildman–Crippen MR) is 90.3 cm³/mol. The zero-order chi connectivity index (χ0) is 15.2. The maximum Gasteiger partial charge on any atom is 0.256 e. The van der Waals surface area contributed by atoms with E-state index in [4.69, 9.17) is 11.6 Å². The Morgan fingerprint density at radius 3 is 2.62 bits per heavy atom. The molecule has 0 spiro atoms. The lowest BCUT2D eigenvalue weighted by Gasteiger charge is -2.22. The van der Waals surface area contributed by atoms with Crippen molar-refractivity contribution in [2.45, 2.75) is 20.4 Å². The van der Waals surface area contributed by atoms with Gasteiger partial charge in [-0.05, 0) is 38.1 Å². The van der Waals surface area contributed by atoms with Crippen molar-refractivity contribution < 1.29 is 4.79 Å². The fraction of sp³-hybridized carbons (Fsp3) is 0.312. The van der Waals surface area contributed by atoms with E-state index in [-0.39, 0.29) is 5.91 Å². The molecule has 1 heterocycles. The maximum atomic E-state index is 12.7. The number of carbonyl (C=O) groups is 1. The third-order valence-corrected chi connectivity index (χ3v) is 4.39. The molecule has 1 amide bonds. The van der Waals surface area contributed by atoms with Crippen molar-refractivity contribution >= 4 is 34.5 Å². The molecule has 2 aromatic rings. The van der Waals surface area contributed by atoms with Crippen LogP contribution in [0.1, 0.15) is 29.1 Å². The van der Waals surface area contributed by atoms with E-state index in [1.807, 2.05) is 55.1 Å². The van der Waals surface area contributed by atoms with E-state index in [0.29, 0.717) is 18.7 Å². The van der Waals surface area contributed by atoms with Gasteiger partial charge in [0.2, 0.25) is 0 Å². The number of amides is 1. The summed E-state index contributed by atoms with van der Waals surface area (Å²) in [7, 11) is 0. The van der Waals surface area contributed by atoms with Crippen molar-refractivity contribution in [1.82, 2.24) is 4.90 Å². The third-order valence-electron chi connectivity index (χ3n) is 3.17. The molecule has 112 valence electrons. The van der Waals surface area contributed by atoms with Crippen molar-refractivity contribution in [3.8, 4) is 0 Å². The Kier molecular flexibility index (Phi) is 5.65. The van der Waals surface area contributed by atoms with E-state index in [9.17, 15) is 4.79 Å². The molecule has 0 aliphatic heterocycles. The molecular formula is C16H19ClN2OS. The van der Waals surface area contributed by atoms with Crippen LogP contribution in [0.4, 0.5) is 5.69 Å². The average molecular weight is 323 g/mol. The van der Waals surface area contributed by atoms with Gasteiger partial charge in [0.1, 0.15) is 0 Å². The van der Waals surface area contributed by atoms with Gasteiger partial charge in [0, 0.05) is 23.7 Å². The van der Waals surface area contributed by atoms with Crippen LogP contribution in [-0.4, -0.2) is 23.9 Å². The number of nitrogens with zero attached hydrogens (tertiary/aromatic N) is 1. The van der Waals surface area contributed by atoms with Crippen LogP contribution in [0.2, 0.25) is 4.34 Å². The van der Waals surface area contributed by atoms with E-state index in [1.54, 1.807) is 0 Å². The van der Waals surface area contributed by atoms with Crippen molar-refractivity contribution in [1.29, 1.82) is 0 Å². The molecule has 3 nitrogen and oxygen atoms in total. The average Bonchev–Trinajstić information content (AvgIpc) is 2.90. The monoisotopic (exact) mass is 322 g/mol. The van der Waals surface area contributed by atoms with Gasteiger partial charge in [-0.25, -0.2) is 0 Å². The summed E-state index contributed by atoms with van der Waals surface area (Å²) in [6.45, 7) is 6.05. The number of carbonyl (C=O) groups excluding carboxylic acids is 1. The molecule has 0 saturated carbocycles. The minimum absolute atomic E-state index is 0.0403. The SMILES string of the molecule is CCNc1ccccc1C(=O)N(CC)Cc1ccc(Cl)s1. The Balaban J connectivity index is 2.20. The number of hydrogen-bond donors (Lipinski definition) is 1. The van der Waals surface area contributed by atoms with Crippen molar-refractivity contribution in [2.75, 3.05) is 18.4 Å². The van der Waals surface area contributed by atoms with Gasteiger partial charge < -0.3 is 10.2 Å². The quantitative estimate of drug-likeness (QED) is 0.849. The summed E-state index contributed by atoms with van der Waals surface area (Å²) in [6.07, 6.45) is 0. The van der Waals surface area contributed by atoms with Crippen molar-refractivity contribution in [3.63, 3.8) is 0 Å². The van der Waals surface area contributed by atoms with Gasteiger partial charge in [-0.1, -0.05) is 23.7 Å². The number of thiophene rings is 1. The minimum atomic E-state index is 0.0403. The maximum absolute atomic E-state index is 12.7. The fourth-order valence-electron chi connectivity index (χ4n) is 2.14. The van der Waals surface area contributed by atoms with Crippen LogP contribution in [0.5, 0.6) is 0 Å². The third kappa shape index (κ3) is 3.99. The van der Waals surface area contributed by atoms with Gasteiger partial charge in [0.15, 0.2) is 0 Å². The first-order valence-corrected chi connectivity index (χ1v) is 8.21. The smallest absolute Gasteiger partial charge is 0.256 e. The first kappa shape index (κ1) is 15.9. The topological polar surface area (TPSA) is 32.3 Å². The van der Waals surface area contributed by atoms with E-state index in [2.05, 4.69) is 5.32 Å². The Morgan fingerprint density at radius 2 is 2.00 bits per heavy atom. The number of anilines is 1. The first-order chi connectivity index (χ1) is 10.2. The second-order valence-electron chi connectivity index (χ2n) is 4.60. The molecule has 21 heavy (non-hydrogen) atoms. The van der Waals surface area contributed by atoms with Crippen molar-refractivity contribution in [2.24, 2.45) is 0 Å². The van der Waals surface area contributed by atoms with Crippen LogP contribution >= 0.6 is 22.9 Å². The number of nitrogens with one attached hydrogen (secondary N) is 1. The fourth-order valence-corrected chi connectivity index (χ4v) is 3.24. The van der Waals surface area contributed by atoms with Crippen LogP contribution in [0, 0.1) is 0 Å². The Labute approximate surface area is 134 Å². The lowest BCUT2D eigenvalue weighted by atomic mass is 10.1. The van der Waals surface area contributed by atoms with E-state index < -0.39 is 0 Å². The molecule has 1 N–H and O–H groups in total. The van der Waals surface area contributed by atoms with Gasteiger partial charge >= 0.3 is 0 Å². The van der Waals surface area contributed by atoms with E-state index >= 15 is 0 Å². The number of benzene rings is 1. The number of para-hydroxylation sites is 1. The highest BCUT2D eigenvalue weighted by Crippen LogP contribution is 2.24. The molecule has 0 aliphatic carbocycles. The molecule has 0 fully saturated rings. The van der Waals surface area contributed by atoms with Crippen LogP contribution in [0.3, 0.4) is 0 Å². The van der Waals surface area contributed by atoms with E-state index in [0.717, 1.165) is 21.4 Å². The lowest BCUT2D eigenvalue weighted by molar-refractivity contribution is 0.0755. The van der Waals surface area contributed by atoms with Gasteiger partial charge in [0.05, 0.1) is 16.4 Å². The predicted octanol–water partition coefficient (Wildman–Crippen LogP) is 4.50. The summed E-state index contributed by atoms with van der Waals surface area (Å²) in [5, 5.41) is 3.24. The van der Waals surface area contributed by atoms with Gasteiger partial charge in [-0.3, -0.25) is 4.79 Å². The molecule has 0 unspecified atom stereocenters. The zero-order valence-corrected chi connectivity index (χ0v) is 13.8. The summed E-state index contributed by atoms with van der Waals surface area (Å²) in [5.41, 5.74) is 1.59. The molecule has 5 heteroatoms. The lowest BCUT2D eigenvalue weighted by Crippen LogP contribution is -2.30. The number of rotatable bonds is 6. The Morgan fingerprint density at radius 1 is 1.24 bits per heavy atom. The standard InChI is InChI=1S/C16H19ClN2OS/c1-3-18-14-8-6-5-7-13(14)16(20)19(4-2)11-12-9-10-15(17)21-12/h5-10,18H,3-4,11H2,1-2H3. The normalized spacial score (nSPS) is 10.4. The molecule has 0 saturated heterocycles. The molecule has 0 bridgehead atoms. The van der Waals surface area contributed by atoms with Crippen LogP contribution in [0.15, 0.2) is 36.4 Å². The number of hydrogen-bond acceptors (Lipinski definition) is 3. The summed E-state index contributed by atoms with van der Waals surface area (Å²) in [4.78, 5) is 15.7. The van der Waals surface area contributed by atoms with Gasteiger partial charge in [0.25, 0.3) is 5.91 Å². The molecule has 2 rings (SSSR count). The molecule has 1 aromatic heterocycles. The molecule has 0 atom stereocenters. The van der Waals surface area contributed by atoms with Gasteiger partial charge in [-0.15, -0.1) is 11.3 Å². The zero-order valence-electron chi connectivity index (χ0n) is 12.2. The second-order valence-corrected chi connectivity index (χ2v) is 6.40. The number of halogens is 1. The first-order valence-electron chi connectivity index (χ1n) is 7.02.